The van der Waals surface area contributed by atoms with Gasteiger partial charge in [-0.3, -0.25) is 4.98 Å². The number of hydrogen-bond donors (Lipinski definition) is 1. The molecule has 2 aromatic heterocycles. The van der Waals surface area contributed by atoms with E-state index in [2.05, 4.69) is 16.0 Å². The van der Waals surface area contributed by atoms with Crippen molar-refractivity contribution in [1.29, 1.82) is 5.26 Å². The van der Waals surface area contributed by atoms with Crippen LogP contribution in [0.2, 0.25) is 10.0 Å². The van der Waals surface area contributed by atoms with Gasteiger partial charge in [0.25, 0.3) is 0 Å². The number of nitrogens with zero attached hydrogens (tertiary/aromatic N) is 2. The van der Waals surface area contributed by atoms with Crippen molar-refractivity contribution in [3.63, 3.8) is 0 Å². The first-order valence-corrected chi connectivity index (χ1v) is 9.23. The van der Waals surface area contributed by atoms with E-state index in [1.807, 2.05) is 24.3 Å². The summed E-state index contributed by atoms with van der Waals surface area (Å²) in [6.45, 7) is 0. The molecule has 3 aromatic rings. The monoisotopic (exact) mass is 371 g/mol. The summed E-state index contributed by atoms with van der Waals surface area (Å²) in [6.07, 6.45) is 8.02. The van der Waals surface area contributed by atoms with Crippen LogP contribution in [0.5, 0.6) is 0 Å². The average Bonchev–Trinajstić information content (AvgIpc) is 2.94. The summed E-state index contributed by atoms with van der Waals surface area (Å²) in [7, 11) is 0. The Bertz CT molecular complexity index is 889. The third kappa shape index (κ3) is 4.54. The van der Waals surface area contributed by atoms with Gasteiger partial charge in [0.05, 0.1) is 11.1 Å². The second kappa shape index (κ2) is 8.38. The van der Waals surface area contributed by atoms with E-state index in [0.717, 1.165) is 55.3 Å². The van der Waals surface area contributed by atoms with Gasteiger partial charge in [-0.15, -0.1) is 0 Å². The first-order chi connectivity index (χ1) is 12.2. The third-order valence-corrected chi connectivity index (χ3v) is 4.74. The highest BCUT2D eigenvalue weighted by atomic mass is 35.5. The lowest BCUT2D eigenvalue weighted by atomic mass is 10.0. The molecule has 0 unspecified atom stereocenters. The molecule has 0 saturated carbocycles. The number of pyridine rings is 1. The van der Waals surface area contributed by atoms with Gasteiger partial charge in [-0.25, -0.2) is 0 Å². The Hall–Kier alpha value is -2.02. The molecule has 25 heavy (non-hydrogen) atoms. The largest absolute Gasteiger partial charge is 0.356 e. The molecule has 0 bridgehead atoms. The fourth-order valence-electron chi connectivity index (χ4n) is 3.12. The second-order valence-corrected chi connectivity index (χ2v) is 7.05. The normalized spacial score (nSPS) is 10.9. The first-order valence-electron chi connectivity index (χ1n) is 8.48. The van der Waals surface area contributed by atoms with Crippen LogP contribution in [0.15, 0.2) is 36.5 Å². The lowest BCUT2D eigenvalue weighted by Crippen LogP contribution is -1.91. The van der Waals surface area contributed by atoms with Gasteiger partial charge in [0.15, 0.2) is 0 Å². The fraction of sp³-hybridized carbons (Fsp3) is 0.300. The van der Waals surface area contributed by atoms with Gasteiger partial charge in [-0.2, -0.15) is 5.26 Å². The number of halogens is 2. The summed E-state index contributed by atoms with van der Waals surface area (Å²) in [6, 6.07) is 11.8. The van der Waals surface area contributed by atoms with Crippen LogP contribution in [-0.2, 0) is 12.8 Å². The Morgan fingerprint density at radius 1 is 1.00 bits per heavy atom. The highest BCUT2D eigenvalue weighted by Gasteiger charge is 2.11. The highest BCUT2D eigenvalue weighted by molar-refractivity contribution is 6.34. The van der Waals surface area contributed by atoms with Gasteiger partial charge in [0.2, 0.25) is 0 Å². The minimum absolute atomic E-state index is 0.684. The zero-order valence-electron chi connectivity index (χ0n) is 13.9. The molecule has 128 valence electrons. The third-order valence-electron chi connectivity index (χ3n) is 4.31. The molecular formula is C20H19Cl2N3. The predicted molar refractivity (Wildman–Crippen MR) is 103 cm³/mol. The molecular weight excluding hydrogens is 353 g/mol. The van der Waals surface area contributed by atoms with E-state index in [1.54, 1.807) is 12.3 Å². The lowest BCUT2D eigenvalue weighted by molar-refractivity contribution is 0.637. The van der Waals surface area contributed by atoms with Crippen molar-refractivity contribution in [1.82, 2.24) is 9.97 Å². The predicted octanol–water partition coefficient (Wildman–Crippen LogP) is 6.09. The minimum Gasteiger partial charge on any atom is -0.356 e. The summed E-state index contributed by atoms with van der Waals surface area (Å²) in [5.74, 6) is 0. The second-order valence-electron chi connectivity index (χ2n) is 6.18. The summed E-state index contributed by atoms with van der Waals surface area (Å²) in [4.78, 5) is 7.63. The summed E-state index contributed by atoms with van der Waals surface area (Å²) < 4.78 is 0. The molecule has 2 heterocycles. The molecule has 0 atom stereocenters. The zero-order valence-corrected chi connectivity index (χ0v) is 15.4. The molecule has 0 aliphatic carbocycles. The Morgan fingerprint density at radius 2 is 1.72 bits per heavy atom. The van der Waals surface area contributed by atoms with Crippen LogP contribution >= 0.6 is 23.2 Å². The van der Waals surface area contributed by atoms with Crippen molar-refractivity contribution in [2.45, 2.75) is 38.5 Å². The molecule has 0 aliphatic heterocycles. The molecule has 1 aromatic carbocycles. The van der Waals surface area contributed by atoms with Gasteiger partial charge < -0.3 is 4.98 Å². The highest BCUT2D eigenvalue weighted by Crippen LogP contribution is 2.22. The number of aromatic nitrogens is 2. The van der Waals surface area contributed by atoms with E-state index in [0.29, 0.717) is 15.6 Å². The number of hydrogen-bond acceptors (Lipinski definition) is 2. The minimum atomic E-state index is 0.684. The Balaban J connectivity index is 1.47. The van der Waals surface area contributed by atoms with Gasteiger partial charge in [-0.1, -0.05) is 36.0 Å². The van der Waals surface area contributed by atoms with E-state index < -0.39 is 0 Å². The molecule has 1 N–H and O–H groups in total. The molecule has 0 fully saturated rings. The van der Waals surface area contributed by atoms with Crippen molar-refractivity contribution in [2.75, 3.05) is 0 Å². The van der Waals surface area contributed by atoms with Gasteiger partial charge in [0, 0.05) is 21.9 Å². The van der Waals surface area contributed by atoms with Crippen LogP contribution in [-0.4, -0.2) is 9.97 Å². The Labute approximate surface area is 157 Å². The smallest absolute Gasteiger partial charge is 0.106 e. The first kappa shape index (κ1) is 17.8. The molecule has 0 amide bonds. The Morgan fingerprint density at radius 3 is 2.44 bits per heavy atom. The molecule has 3 rings (SSSR count). The van der Waals surface area contributed by atoms with Crippen LogP contribution in [0.25, 0.3) is 11.0 Å². The van der Waals surface area contributed by atoms with E-state index in [1.165, 1.54) is 5.56 Å². The quantitative estimate of drug-likeness (QED) is 0.511. The Kier molecular flexibility index (Phi) is 5.96. The molecule has 0 radical (unpaired) electrons. The number of nitrogens with one attached hydrogen (secondary N) is 1. The maximum absolute atomic E-state index is 9.39. The number of nitriles is 1. The van der Waals surface area contributed by atoms with Gasteiger partial charge in [0.1, 0.15) is 11.6 Å². The number of fused-ring (bicyclic) bond motifs is 1. The standard InChI is InChI=1S/C20H19Cl2N3/c21-15-10-14(11-16(22)12-15)6-3-1-2-4-7-18-17(13-23)20-19(25-18)8-5-9-24-20/h5,8-12,25H,1-4,6-7H2. The van der Waals surface area contributed by atoms with Crippen LogP contribution in [0.4, 0.5) is 0 Å². The summed E-state index contributed by atoms with van der Waals surface area (Å²) in [5.41, 5.74) is 4.58. The molecule has 0 spiro atoms. The van der Waals surface area contributed by atoms with Crippen molar-refractivity contribution < 1.29 is 0 Å². The summed E-state index contributed by atoms with van der Waals surface area (Å²) in [5, 5.41) is 10.8. The topological polar surface area (TPSA) is 52.5 Å². The van der Waals surface area contributed by atoms with E-state index >= 15 is 0 Å². The average molecular weight is 372 g/mol. The molecule has 3 nitrogen and oxygen atoms in total. The van der Waals surface area contributed by atoms with Crippen molar-refractivity contribution in [3.8, 4) is 6.07 Å². The van der Waals surface area contributed by atoms with Crippen LogP contribution in [0, 0.1) is 11.3 Å². The molecule has 0 saturated heterocycles. The summed E-state index contributed by atoms with van der Waals surface area (Å²) >= 11 is 12.0. The number of aromatic amines is 1. The van der Waals surface area contributed by atoms with E-state index in [9.17, 15) is 5.26 Å². The van der Waals surface area contributed by atoms with Gasteiger partial charge >= 0.3 is 0 Å². The maximum Gasteiger partial charge on any atom is 0.106 e. The van der Waals surface area contributed by atoms with E-state index in [-0.39, 0.29) is 0 Å². The van der Waals surface area contributed by atoms with Crippen LogP contribution < -0.4 is 0 Å². The molecule has 5 heteroatoms. The number of H-pyrrole nitrogens is 1. The fourth-order valence-corrected chi connectivity index (χ4v) is 3.69. The molecule has 0 aliphatic rings. The van der Waals surface area contributed by atoms with Crippen molar-refractivity contribution in [2.24, 2.45) is 0 Å². The van der Waals surface area contributed by atoms with E-state index in [4.69, 9.17) is 23.2 Å². The maximum atomic E-state index is 9.39. The lowest BCUT2D eigenvalue weighted by Gasteiger charge is -2.04. The number of benzene rings is 1. The van der Waals surface area contributed by atoms with Crippen molar-refractivity contribution in [3.05, 3.63) is 63.4 Å². The number of aryl methyl sites for hydroxylation is 2. The SMILES string of the molecule is N#Cc1c(CCCCCCc2cc(Cl)cc(Cl)c2)[nH]c2cccnc12. The van der Waals surface area contributed by atoms with Crippen molar-refractivity contribution >= 4 is 34.2 Å². The van der Waals surface area contributed by atoms with Crippen LogP contribution in [0.3, 0.4) is 0 Å². The number of rotatable bonds is 7. The van der Waals surface area contributed by atoms with Crippen LogP contribution in [0.1, 0.15) is 42.5 Å². The van der Waals surface area contributed by atoms with Gasteiger partial charge in [-0.05, 0) is 61.6 Å². The number of unbranched alkanes of at least 4 members (excludes halogenated alkanes) is 3. The zero-order chi connectivity index (χ0) is 17.6.